The molecule has 0 bridgehead atoms. The molecule has 2 N–H and O–H groups in total. The molecule has 0 amide bonds. The Hall–Kier alpha value is -2.16. The van der Waals surface area contributed by atoms with E-state index in [1.165, 1.54) is 17.2 Å². The summed E-state index contributed by atoms with van der Waals surface area (Å²) in [6, 6.07) is 11.5. The van der Waals surface area contributed by atoms with Crippen LogP contribution >= 0.6 is 0 Å². The minimum Gasteiger partial charge on any atom is -0.504 e. The van der Waals surface area contributed by atoms with Crippen molar-refractivity contribution in [2.45, 2.75) is 19.3 Å². The summed E-state index contributed by atoms with van der Waals surface area (Å²) >= 11 is 0. The molecule has 0 fully saturated rings. The molecule has 0 spiro atoms. The van der Waals surface area contributed by atoms with Gasteiger partial charge in [0.05, 0.1) is 6.61 Å². The van der Waals surface area contributed by atoms with Gasteiger partial charge in [0.25, 0.3) is 0 Å². The number of aromatic hydroxyl groups is 2. The van der Waals surface area contributed by atoms with Gasteiger partial charge < -0.3 is 14.9 Å². The van der Waals surface area contributed by atoms with Crippen LogP contribution in [0.4, 0.5) is 0 Å². The minimum absolute atomic E-state index is 0.0908. The Labute approximate surface area is 112 Å². The Morgan fingerprint density at radius 3 is 2.47 bits per heavy atom. The van der Waals surface area contributed by atoms with E-state index in [4.69, 9.17) is 4.74 Å². The zero-order chi connectivity index (χ0) is 13.4. The highest BCUT2D eigenvalue weighted by atomic mass is 16.5. The topological polar surface area (TPSA) is 49.7 Å². The second kappa shape index (κ2) is 4.50. The van der Waals surface area contributed by atoms with E-state index in [0.717, 1.165) is 12.0 Å². The van der Waals surface area contributed by atoms with Crippen LogP contribution in [-0.2, 0) is 6.42 Å². The molecule has 19 heavy (non-hydrogen) atoms. The summed E-state index contributed by atoms with van der Waals surface area (Å²) in [5, 5.41) is 19.0. The van der Waals surface area contributed by atoms with E-state index >= 15 is 0 Å². The van der Waals surface area contributed by atoms with Gasteiger partial charge in [-0.25, -0.2) is 0 Å². The van der Waals surface area contributed by atoms with Crippen molar-refractivity contribution in [3.05, 3.63) is 53.1 Å². The number of ether oxygens (including phenoxy) is 1. The number of phenols is 2. The van der Waals surface area contributed by atoms with Crippen LogP contribution in [-0.4, -0.2) is 16.8 Å². The summed E-state index contributed by atoms with van der Waals surface area (Å²) in [5.41, 5.74) is 3.42. The van der Waals surface area contributed by atoms with Gasteiger partial charge in [-0.2, -0.15) is 0 Å². The maximum absolute atomic E-state index is 9.56. The van der Waals surface area contributed by atoms with E-state index < -0.39 is 0 Å². The molecule has 3 nitrogen and oxygen atoms in total. The van der Waals surface area contributed by atoms with Crippen molar-refractivity contribution in [3.63, 3.8) is 0 Å². The molecule has 0 aliphatic carbocycles. The van der Waals surface area contributed by atoms with Gasteiger partial charge in [-0.05, 0) is 30.5 Å². The first-order valence-electron chi connectivity index (χ1n) is 6.37. The van der Waals surface area contributed by atoms with Crippen LogP contribution in [0.2, 0.25) is 0 Å². The van der Waals surface area contributed by atoms with Crippen LogP contribution in [0.3, 0.4) is 0 Å². The van der Waals surface area contributed by atoms with Gasteiger partial charge in [-0.1, -0.05) is 29.8 Å². The monoisotopic (exact) mass is 256 g/mol. The molecule has 1 aliphatic rings. The standard InChI is InChI=1S/C16H16O3/c1-10-2-4-11(5-3-10)13-6-12-7-14(17)15(18)8-16(12)19-9-13/h2-5,7-8,13,17-18H,6,9H2,1H3/t13-/m1/s1. The third kappa shape index (κ3) is 2.24. The van der Waals surface area contributed by atoms with E-state index in [2.05, 4.69) is 31.2 Å². The van der Waals surface area contributed by atoms with Crippen molar-refractivity contribution in [1.29, 1.82) is 0 Å². The Kier molecular flexibility index (Phi) is 2.82. The lowest BCUT2D eigenvalue weighted by atomic mass is 9.90. The minimum atomic E-state index is -0.132. The van der Waals surface area contributed by atoms with Gasteiger partial charge in [-0.3, -0.25) is 0 Å². The Morgan fingerprint density at radius 1 is 1.05 bits per heavy atom. The van der Waals surface area contributed by atoms with Crippen LogP contribution in [0.1, 0.15) is 22.6 Å². The molecule has 98 valence electrons. The average molecular weight is 256 g/mol. The van der Waals surface area contributed by atoms with E-state index in [9.17, 15) is 10.2 Å². The fourth-order valence-electron chi connectivity index (χ4n) is 2.46. The van der Waals surface area contributed by atoms with Crippen molar-refractivity contribution in [2.75, 3.05) is 6.61 Å². The third-order valence-corrected chi connectivity index (χ3v) is 3.61. The number of benzene rings is 2. The molecular weight excluding hydrogens is 240 g/mol. The molecule has 1 aliphatic heterocycles. The number of fused-ring (bicyclic) bond motifs is 1. The second-order valence-electron chi connectivity index (χ2n) is 5.07. The highest BCUT2D eigenvalue weighted by Crippen LogP contribution is 2.38. The molecule has 0 aromatic heterocycles. The van der Waals surface area contributed by atoms with Crippen molar-refractivity contribution >= 4 is 0 Å². The van der Waals surface area contributed by atoms with Crippen LogP contribution in [0.5, 0.6) is 17.2 Å². The summed E-state index contributed by atoms with van der Waals surface area (Å²) in [7, 11) is 0. The fraction of sp³-hybridized carbons (Fsp3) is 0.250. The second-order valence-corrected chi connectivity index (χ2v) is 5.07. The number of hydrogen-bond donors (Lipinski definition) is 2. The first-order valence-corrected chi connectivity index (χ1v) is 6.37. The molecule has 0 saturated carbocycles. The third-order valence-electron chi connectivity index (χ3n) is 3.61. The molecule has 1 heterocycles. The summed E-state index contributed by atoms with van der Waals surface area (Å²) in [4.78, 5) is 0. The van der Waals surface area contributed by atoms with Crippen molar-refractivity contribution < 1.29 is 14.9 Å². The lowest BCUT2D eigenvalue weighted by molar-refractivity contribution is 0.260. The van der Waals surface area contributed by atoms with E-state index in [-0.39, 0.29) is 17.4 Å². The predicted octanol–water partition coefficient (Wildman–Crippen LogP) is 3.12. The van der Waals surface area contributed by atoms with Gasteiger partial charge >= 0.3 is 0 Å². The largest absolute Gasteiger partial charge is 0.504 e. The maximum atomic E-state index is 9.56. The Morgan fingerprint density at radius 2 is 1.74 bits per heavy atom. The van der Waals surface area contributed by atoms with E-state index in [1.807, 2.05) is 0 Å². The summed E-state index contributed by atoms with van der Waals surface area (Å²) in [6.45, 7) is 2.66. The number of phenolic OH excluding ortho intramolecular Hbond substituents is 2. The van der Waals surface area contributed by atoms with Gasteiger partial charge in [0.15, 0.2) is 11.5 Å². The molecule has 1 atom stereocenters. The summed E-state index contributed by atoms with van der Waals surface area (Å²) in [6.07, 6.45) is 0.812. The van der Waals surface area contributed by atoms with Gasteiger partial charge in [-0.15, -0.1) is 0 Å². The molecule has 2 aromatic carbocycles. The van der Waals surface area contributed by atoms with Crippen molar-refractivity contribution in [3.8, 4) is 17.2 Å². The molecule has 0 unspecified atom stereocenters. The fourth-order valence-corrected chi connectivity index (χ4v) is 2.46. The summed E-state index contributed by atoms with van der Waals surface area (Å²) in [5.74, 6) is 0.732. The zero-order valence-electron chi connectivity index (χ0n) is 10.8. The smallest absolute Gasteiger partial charge is 0.161 e. The quantitative estimate of drug-likeness (QED) is 0.771. The lowest BCUT2D eigenvalue weighted by Gasteiger charge is -2.26. The highest BCUT2D eigenvalue weighted by molar-refractivity contribution is 5.50. The van der Waals surface area contributed by atoms with Gasteiger partial charge in [0.2, 0.25) is 0 Å². The molecule has 3 heteroatoms. The lowest BCUT2D eigenvalue weighted by Crippen LogP contribution is -2.19. The molecule has 3 rings (SSSR count). The SMILES string of the molecule is Cc1ccc([C@H]2COc3cc(O)c(O)cc3C2)cc1. The molecule has 2 aromatic rings. The van der Waals surface area contributed by atoms with E-state index in [1.54, 1.807) is 6.07 Å². The van der Waals surface area contributed by atoms with Crippen LogP contribution in [0, 0.1) is 6.92 Å². The van der Waals surface area contributed by atoms with Crippen molar-refractivity contribution in [2.24, 2.45) is 0 Å². The summed E-state index contributed by atoms with van der Waals surface area (Å²) < 4.78 is 5.69. The molecule has 0 radical (unpaired) electrons. The maximum Gasteiger partial charge on any atom is 0.161 e. The van der Waals surface area contributed by atoms with Crippen molar-refractivity contribution in [1.82, 2.24) is 0 Å². The number of hydrogen-bond acceptors (Lipinski definition) is 3. The number of rotatable bonds is 1. The predicted molar refractivity (Wildman–Crippen MR) is 72.9 cm³/mol. The Bertz CT molecular complexity index is 602. The van der Waals surface area contributed by atoms with Crippen LogP contribution in [0.25, 0.3) is 0 Å². The van der Waals surface area contributed by atoms with Crippen LogP contribution in [0.15, 0.2) is 36.4 Å². The number of aryl methyl sites for hydroxylation is 1. The van der Waals surface area contributed by atoms with Gasteiger partial charge in [0.1, 0.15) is 5.75 Å². The Balaban J connectivity index is 1.89. The van der Waals surface area contributed by atoms with E-state index in [0.29, 0.717) is 12.4 Å². The van der Waals surface area contributed by atoms with Crippen LogP contribution < -0.4 is 4.74 Å². The first kappa shape index (κ1) is 11.9. The average Bonchev–Trinajstić information content (AvgIpc) is 2.40. The highest BCUT2D eigenvalue weighted by Gasteiger charge is 2.22. The first-order chi connectivity index (χ1) is 9.13. The normalized spacial score (nSPS) is 17.6. The molecule has 0 saturated heterocycles. The zero-order valence-corrected chi connectivity index (χ0v) is 10.8. The molecular formula is C16H16O3. The van der Waals surface area contributed by atoms with Gasteiger partial charge in [0, 0.05) is 12.0 Å².